The molecule has 31 heavy (non-hydrogen) atoms. The van der Waals surface area contributed by atoms with Gasteiger partial charge in [0.1, 0.15) is 11.8 Å². The topological polar surface area (TPSA) is 52.6 Å². The quantitative estimate of drug-likeness (QED) is 0.681. The summed E-state index contributed by atoms with van der Waals surface area (Å²) in [6, 6.07) is 7.35. The highest BCUT2D eigenvalue weighted by Gasteiger charge is 2.44. The maximum absolute atomic E-state index is 10.2. The van der Waals surface area contributed by atoms with E-state index in [-0.39, 0.29) is 11.6 Å². The number of rotatable bonds is 4. The number of allylic oxidation sites excluding steroid dienone is 2. The van der Waals surface area contributed by atoms with E-state index in [2.05, 4.69) is 49.6 Å². The fourth-order valence-corrected chi connectivity index (χ4v) is 5.99. The van der Waals surface area contributed by atoms with E-state index in [1.54, 1.807) is 6.26 Å². The van der Waals surface area contributed by atoms with Gasteiger partial charge < -0.3 is 14.1 Å². The second-order valence-electron chi connectivity index (χ2n) is 10.5. The summed E-state index contributed by atoms with van der Waals surface area (Å²) in [5.74, 6) is 2.37. The number of ether oxygens (including phenoxy) is 1. The minimum atomic E-state index is -0.193. The van der Waals surface area contributed by atoms with Gasteiger partial charge in [0.2, 0.25) is 0 Å². The Bertz CT molecular complexity index is 932. The van der Waals surface area contributed by atoms with Crippen molar-refractivity contribution in [2.24, 2.45) is 11.8 Å². The van der Waals surface area contributed by atoms with Crippen LogP contribution in [0.25, 0.3) is 0 Å². The molecule has 0 amide bonds. The van der Waals surface area contributed by atoms with Crippen molar-refractivity contribution in [1.82, 2.24) is 9.80 Å². The highest BCUT2D eigenvalue weighted by atomic mass is 16.5. The van der Waals surface area contributed by atoms with Gasteiger partial charge in [-0.1, -0.05) is 0 Å². The third kappa shape index (κ3) is 3.85. The van der Waals surface area contributed by atoms with Crippen LogP contribution in [-0.2, 0) is 4.74 Å². The lowest BCUT2D eigenvalue weighted by molar-refractivity contribution is -0.0195. The van der Waals surface area contributed by atoms with Gasteiger partial charge in [0.15, 0.2) is 0 Å². The first-order valence-electron chi connectivity index (χ1n) is 11.9. The molecule has 0 aromatic carbocycles. The molecule has 5 rings (SSSR count). The minimum absolute atomic E-state index is 0.193. The first-order valence-corrected chi connectivity index (χ1v) is 11.9. The van der Waals surface area contributed by atoms with Crippen molar-refractivity contribution in [3.63, 3.8) is 0 Å². The minimum Gasteiger partial charge on any atom is -0.468 e. The largest absolute Gasteiger partial charge is 0.468 e. The fourth-order valence-electron chi connectivity index (χ4n) is 5.99. The predicted octanol–water partition coefficient (Wildman–Crippen LogP) is 5.05. The molecular formula is C26H35N3O2. The third-order valence-electron chi connectivity index (χ3n) is 7.88. The molecule has 4 aliphatic rings. The number of nitrogens with zero attached hydrogens (tertiary/aromatic N) is 3. The van der Waals surface area contributed by atoms with Crippen LogP contribution in [0.2, 0.25) is 0 Å². The smallest absolute Gasteiger partial charge is 0.120 e. The number of hydrogen-bond donors (Lipinski definition) is 0. The molecule has 3 unspecified atom stereocenters. The Balaban J connectivity index is 1.42. The Labute approximate surface area is 186 Å². The summed E-state index contributed by atoms with van der Waals surface area (Å²) < 4.78 is 11.9. The van der Waals surface area contributed by atoms with E-state index in [4.69, 9.17) is 9.15 Å². The summed E-state index contributed by atoms with van der Waals surface area (Å²) in [6.45, 7) is 12.5. The molecule has 1 saturated carbocycles. The molecule has 2 fully saturated rings. The lowest BCUT2D eigenvalue weighted by Gasteiger charge is -2.47. The molecule has 5 nitrogen and oxygen atoms in total. The lowest BCUT2D eigenvalue weighted by Crippen LogP contribution is -2.52. The molecular weight excluding hydrogens is 386 g/mol. The van der Waals surface area contributed by atoms with Crippen molar-refractivity contribution in [2.75, 3.05) is 26.2 Å². The number of piperazine rings is 1. The van der Waals surface area contributed by atoms with Gasteiger partial charge in [0.05, 0.1) is 30.1 Å². The molecule has 1 aromatic heterocycles. The standard InChI is InChI=1S/C26H35N3O2/c1-17-15-28(9-10-29(17)18(2)25-6-5-11-30-25)24-12-20(19-7-8-19)23-16-31-26(3,4)13-21(23)22(24)14-27/h5-6,11,17-20H,7-10,12-13,15-16H2,1-4H3. The van der Waals surface area contributed by atoms with Crippen LogP contribution >= 0.6 is 0 Å². The Morgan fingerprint density at radius 2 is 2.06 bits per heavy atom. The molecule has 2 aliphatic carbocycles. The van der Waals surface area contributed by atoms with Crippen LogP contribution < -0.4 is 0 Å². The van der Waals surface area contributed by atoms with Crippen molar-refractivity contribution < 1.29 is 9.15 Å². The predicted molar refractivity (Wildman–Crippen MR) is 120 cm³/mol. The molecule has 1 saturated heterocycles. The molecule has 2 aliphatic heterocycles. The zero-order valence-corrected chi connectivity index (χ0v) is 19.4. The fraction of sp³-hybridized carbons (Fsp3) is 0.654. The summed E-state index contributed by atoms with van der Waals surface area (Å²) in [7, 11) is 0. The van der Waals surface area contributed by atoms with Crippen molar-refractivity contribution >= 4 is 0 Å². The first-order chi connectivity index (χ1) is 14.9. The van der Waals surface area contributed by atoms with Gasteiger partial charge in [-0.15, -0.1) is 0 Å². The monoisotopic (exact) mass is 421 g/mol. The Morgan fingerprint density at radius 3 is 2.71 bits per heavy atom. The number of hydrogen-bond acceptors (Lipinski definition) is 5. The van der Waals surface area contributed by atoms with Crippen molar-refractivity contribution in [3.8, 4) is 6.07 Å². The van der Waals surface area contributed by atoms with E-state index in [1.165, 1.54) is 29.7 Å². The zero-order chi connectivity index (χ0) is 21.8. The normalized spacial score (nSPS) is 30.2. The van der Waals surface area contributed by atoms with Crippen LogP contribution in [0.15, 0.2) is 45.2 Å². The van der Waals surface area contributed by atoms with Crippen molar-refractivity contribution in [1.29, 1.82) is 5.26 Å². The van der Waals surface area contributed by atoms with Crippen LogP contribution in [0.1, 0.15) is 65.2 Å². The third-order valence-corrected chi connectivity index (χ3v) is 7.88. The average molecular weight is 422 g/mol. The van der Waals surface area contributed by atoms with E-state index < -0.39 is 0 Å². The van der Waals surface area contributed by atoms with Crippen LogP contribution in [-0.4, -0.2) is 47.7 Å². The van der Waals surface area contributed by atoms with Gasteiger partial charge in [0.25, 0.3) is 0 Å². The Kier molecular flexibility index (Phi) is 5.27. The van der Waals surface area contributed by atoms with Gasteiger partial charge in [-0.25, -0.2) is 0 Å². The van der Waals surface area contributed by atoms with E-state index in [0.717, 1.165) is 49.7 Å². The Hall–Kier alpha value is -2.03. The van der Waals surface area contributed by atoms with E-state index in [1.807, 2.05) is 6.07 Å². The molecule has 166 valence electrons. The summed E-state index contributed by atoms with van der Waals surface area (Å²) in [5.41, 5.74) is 4.79. The summed E-state index contributed by atoms with van der Waals surface area (Å²) in [6.07, 6.45) is 6.27. The maximum atomic E-state index is 10.2. The van der Waals surface area contributed by atoms with Crippen LogP contribution in [0.5, 0.6) is 0 Å². The van der Waals surface area contributed by atoms with Gasteiger partial charge in [0, 0.05) is 37.8 Å². The molecule has 0 spiro atoms. The molecule has 0 radical (unpaired) electrons. The molecule has 3 heterocycles. The molecule has 1 aromatic rings. The van der Waals surface area contributed by atoms with Crippen LogP contribution in [0.3, 0.4) is 0 Å². The van der Waals surface area contributed by atoms with E-state index >= 15 is 0 Å². The van der Waals surface area contributed by atoms with Gasteiger partial charge in [-0.3, -0.25) is 4.90 Å². The summed E-state index contributed by atoms with van der Waals surface area (Å²) >= 11 is 0. The zero-order valence-electron chi connectivity index (χ0n) is 19.4. The summed E-state index contributed by atoms with van der Waals surface area (Å²) in [5, 5.41) is 10.2. The second kappa shape index (κ2) is 7.83. The molecule has 0 bridgehead atoms. The second-order valence-corrected chi connectivity index (χ2v) is 10.5. The van der Waals surface area contributed by atoms with Crippen molar-refractivity contribution in [2.45, 2.75) is 71.1 Å². The highest BCUT2D eigenvalue weighted by Crippen LogP contribution is 2.51. The van der Waals surface area contributed by atoms with Gasteiger partial charge in [-0.05, 0) is 82.1 Å². The number of nitriles is 1. The Morgan fingerprint density at radius 1 is 1.26 bits per heavy atom. The van der Waals surface area contributed by atoms with Crippen LogP contribution in [0, 0.1) is 23.2 Å². The molecule has 0 N–H and O–H groups in total. The van der Waals surface area contributed by atoms with Gasteiger partial charge in [-0.2, -0.15) is 5.26 Å². The van der Waals surface area contributed by atoms with Crippen LogP contribution in [0.4, 0.5) is 0 Å². The first kappa shape index (κ1) is 20.8. The summed E-state index contributed by atoms with van der Waals surface area (Å²) in [4.78, 5) is 5.06. The molecule has 3 atom stereocenters. The van der Waals surface area contributed by atoms with Crippen molar-refractivity contribution in [3.05, 3.63) is 46.6 Å². The maximum Gasteiger partial charge on any atom is 0.120 e. The lowest BCUT2D eigenvalue weighted by atomic mass is 9.74. The van der Waals surface area contributed by atoms with E-state index in [9.17, 15) is 5.26 Å². The SMILES string of the molecule is CC1CN(C2=C(C#N)C3=C(COC(C)(C)C3)C(C3CC3)C2)CCN1C(C)c1ccco1. The average Bonchev–Trinajstić information content (AvgIpc) is 3.44. The van der Waals surface area contributed by atoms with Gasteiger partial charge >= 0.3 is 0 Å². The highest BCUT2D eigenvalue weighted by molar-refractivity contribution is 5.53. The number of furan rings is 1. The molecule has 5 heteroatoms. The van der Waals surface area contributed by atoms with E-state index in [0.29, 0.717) is 18.6 Å².